The van der Waals surface area contributed by atoms with Gasteiger partial charge in [-0.3, -0.25) is 24.5 Å². The third-order valence-electron chi connectivity index (χ3n) is 4.33. The molecule has 1 saturated heterocycles. The van der Waals surface area contributed by atoms with E-state index in [1.165, 1.54) is 12.5 Å². The van der Waals surface area contributed by atoms with Crippen LogP contribution in [0.5, 0.6) is 0 Å². The van der Waals surface area contributed by atoms with E-state index >= 15 is 0 Å². The molecule has 6 N–H and O–H groups in total. The molecule has 3 amide bonds. The van der Waals surface area contributed by atoms with E-state index in [2.05, 4.69) is 15.3 Å². The van der Waals surface area contributed by atoms with Crippen LogP contribution >= 0.6 is 0 Å². The number of carboxylic acid groups (broad SMARTS) is 1. The molecule has 148 valence electrons. The standard InChI is InChI=1S/C16H23N5O6/c1-2-3-12(22)21(13(23)11(17)4-10-7-18-8-19-10)15(26)16(27)5-9(6-20-16)14(24)25/h7-9,11,20,27H,2-6,17H2,1H3,(H,18,19)(H,24,25)/t9?,11-,16+/m0/s1. The molecule has 0 aliphatic carbocycles. The Balaban J connectivity index is 2.23. The maximum Gasteiger partial charge on any atom is 0.307 e. The van der Waals surface area contributed by atoms with E-state index in [0.717, 1.165) is 0 Å². The highest BCUT2D eigenvalue weighted by atomic mass is 16.4. The summed E-state index contributed by atoms with van der Waals surface area (Å²) in [6.45, 7) is 1.53. The molecule has 0 saturated carbocycles. The third kappa shape index (κ3) is 4.56. The summed E-state index contributed by atoms with van der Waals surface area (Å²) >= 11 is 0. The van der Waals surface area contributed by atoms with Gasteiger partial charge in [-0.05, 0) is 6.42 Å². The first-order valence-corrected chi connectivity index (χ1v) is 8.54. The number of aliphatic hydroxyl groups is 1. The molecular weight excluding hydrogens is 358 g/mol. The van der Waals surface area contributed by atoms with E-state index in [9.17, 15) is 24.3 Å². The number of aliphatic carboxylic acids is 1. The lowest BCUT2D eigenvalue weighted by Gasteiger charge is -2.29. The SMILES string of the molecule is CCCC(=O)N(C(=O)[C@@H](N)Cc1cnc[nH]1)C(=O)[C@]1(O)CC(C(=O)O)CN1. The molecule has 2 heterocycles. The summed E-state index contributed by atoms with van der Waals surface area (Å²) in [6, 6.07) is -1.23. The van der Waals surface area contributed by atoms with E-state index in [1.807, 2.05) is 0 Å². The molecule has 11 nitrogen and oxygen atoms in total. The van der Waals surface area contributed by atoms with E-state index in [1.54, 1.807) is 6.92 Å². The number of imide groups is 3. The monoisotopic (exact) mass is 381 g/mol. The van der Waals surface area contributed by atoms with Crippen molar-refractivity contribution in [1.29, 1.82) is 0 Å². The van der Waals surface area contributed by atoms with Crippen LogP contribution in [-0.4, -0.2) is 67.1 Å². The minimum atomic E-state index is -2.32. The quantitative estimate of drug-likeness (QED) is 0.370. The number of amides is 3. The number of carbonyl (C=O) groups is 4. The van der Waals surface area contributed by atoms with Gasteiger partial charge in [0.1, 0.15) is 0 Å². The number of hydrogen-bond donors (Lipinski definition) is 5. The molecule has 3 atom stereocenters. The Kier molecular flexibility index (Phi) is 6.41. The van der Waals surface area contributed by atoms with E-state index in [0.29, 0.717) is 17.0 Å². The van der Waals surface area contributed by atoms with Gasteiger partial charge in [-0.1, -0.05) is 6.92 Å². The van der Waals surface area contributed by atoms with Crippen molar-refractivity contribution in [3.8, 4) is 0 Å². The Bertz CT molecular complexity index is 721. The van der Waals surface area contributed by atoms with Crippen molar-refractivity contribution in [3.63, 3.8) is 0 Å². The van der Waals surface area contributed by atoms with Crippen LogP contribution in [0.3, 0.4) is 0 Å². The number of aromatic amines is 1. The average Bonchev–Trinajstić information content (AvgIpc) is 3.25. The van der Waals surface area contributed by atoms with Gasteiger partial charge < -0.3 is 20.9 Å². The highest BCUT2D eigenvalue weighted by Crippen LogP contribution is 2.25. The van der Waals surface area contributed by atoms with Crippen LogP contribution in [0.1, 0.15) is 31.9 Å². The molecule has 0 aromatic carbocycles. The van der Waals surface area contributed by atoms with Gasteiger partial charge in [-0.25, -0.2) is 9.88 Å². The minimum Gasteiger partial charge on any atom is -0.481 e. The van der Waals surface area contributed by atoms with Crippen LogP contribution in [-0.2, 0) is 25.6 Å². The zero-order valence-corrected chi connectivity index (χ0v) is 14.8. The molecule has 27 heavy (non-hydrogen) atoms. The topological polar surface area (TPSA) is 179 Å². The van der Waals surface area contributed by atoms with Crippen molar-refractivity contribution in [2.45, 2.75) is 44.4 Å². The van der Waals surface area contributed by atoms with E-state index < -0.39 is 47.8 Å². The van der Waals surface area contributed by atoms with Crippen LogP contribution < -0.4 is 11.1 Å². The average molecular weight is 381 g/mol. The van der Waals surface area contributed by atoms with Crippen LogP contribution in [0, 0.1) is 5.92 Å². The predicted molar refractivity (Wildman–Crippen MR) is 90.7 cm³/mol. The van der Waals surface area contributed by atoms with Crippen LogP contribution in [0.4, 0.5) is 0 Å². The predicted octanol–water partition coefficient (Wildman–Crippen LogP) is -1.66. The summed E-state index contributed by atoms with van der Waals surface area (Å²) in [6.07, 6.45) is 2.67. The number of aromatic nitrogens is 2. The van der Waals surface area contributed by atoms with Gasteiger partial charge in [-0.15, -0.1) is 0 Å². The Labute approximate surface area is 154 Å². The van der Waals surface area contributed by atoms with E-state index in [4.69, 9.17) is 10.8 Å². The number of H-pyrrole nitrogens is 1. The molecule has 0 bridgehead atoms. The van der Waals surface area contributed by atoms with Crippen LogP contribution in [0.15, 0.2) is 12.5 Å². The maximum absolute atomic E-state index is 12.8. The van der Waals surface area contributed by atoms with Crippen LogP contribution in [0.2, 0.25) is 0 Å². The van der Waals surface area contributed by atoms with Gasteiger partial charge in [0.15, 0.2) is 5.72 Å². The molecule has 0 spiro atoms. The van der Waals surface area contributed by atoms with Crippen molar-refractivity contribution in [1.82, 2.24) is 20.2 Å². The van der Waals surface area contributed by atoms with E-state index in [-0.39, 0.29) is 19.4 Å². The lowest BCUT2D eigenvalue weighted by atomic mass is 10.0. The second kappa shape index (κ2) is 8.37. The smallest absolute Gasteiger partial charge is 0.307 e. The Morgan fingerprint density at radius 2 is 2.15 bits per heavy atom. The zero-order chi connectivity index (χ0) is 20.2. The summed E-state index contributed by atoms with van der Waals surface area (Å²) in [7, 11) is 0. The highest BCUT2D eigenvalue weighted by molar-refractivity contribution is 6.14. The Morgan fingerprint density at radius 1 is 1.44 bits per heavy atom. The van der Waals surface area contributed by atoms with Crippen molar-refractivity contribution < 1.29 is 29.4 Å². The van der Waals surface area contributed by atoms with Crippen molar-refractivity contribution in [3.05, 3.63) is 18.2 Å². The first-order chi connectivity index (χ1) is 12.7. The minimum absolute atomic E-state index is 0.00558. The maximum atomic E-state index is 12.8. The number of hydrogen-bond acceptors (Lipinski definition) is 8. The number of carbonyl (C=O) groups excluding carboxylic acids is 3. The van der Waals surface area contributed by atoms with Crippen molar-refractivity contribution in [2.75, 3.05) is 6.54 Å². The Hall–Kier alpha value is -2.63. The summed E-state index contributed by atoms with van der Waals surface area (Å²) in [5.41, 5.74) is 4.07. The molecule has 1 aromatic rings. The van der Waals surface area contributed by atoms with Gasteiger partial charge in [-0.2, -0.15) is 0 Å². The second-order valence-electron chi connectivity index (χ2n) is 6.49. The molecular formula is C16H23N5O6. The normalized spacial score (nSPS) is 23.0. The van der Waals surface area contributed by atoms with Crippen LogP contribution in [0.25, 0.3) is 0 Å². The number of nitrogens with two attached hydrogens (primary N) is 1. The molecule has 1 fully saturated rings. The Morgan fingerprint density at radius 3 is 2.67 bits per heavy atom. The molecule has 1 aliphatic rings. The molecule has 1 unspecified atom stereocenters. The van der Waals surface area contributed by atoms with Crippen molar-refractivity contribution >= 4 is 23.7 Å². The van der Waals surface area contributed by atoms with Gasteiger partial charge in [0.25, 0.3) is 11.8 Å². The first-order valence-electron chi connectivity index (χ1n) is 8.54. The second-order valence-corrected chi connectivity index (χ2v) is 6.49. The molecule has 1 aliphatic heterocycles. The summed E-state index contributed by atoms with van der Waals surface area (Å²) in [4.78, 5) is 55.9. The largest absolute Gasteiger partial charge is 0.481 e. The lowest BCUT2D eigenvalue weighted by Crippen LogP contribution is -2.61. The molecule has 1 aromatic heterocycles. The summed E-state index contributed by atoms with van der Waals surface area (Å²) in [5.74, 6) is -5.20. The van der Waals surface area contributed by atoms with Crippen molar-refractivity contribution in [2.24, 2.45) is 11.7 Å². The molecule has 2 rings (SSSR count). The van der Waals surface area contributed by atoms with Gasteiger partial charge in [0, 0.05) is 37.7 Å². The number of carboxylic acids is 1. The number of nitrogens with one attached hydrogen (secondary N) is 2. The number of rotatable bonds is 7. The highest BCUT2D eigenvalue weighted by Gasteiger charge is 2.50. The van der Waals surface area contributed by atoms with Gasteiger partial charge >= 0.3 is 5.97 Å². The van der Waals surface area contributed by atoms with Gasteiger partial charge in [0.05, 0.1) is 18.3 Å². The fraction of sp³-hybridized carbons (Fsp3) is 0.562. The summed E-state index contributed by atoms with van der Waals surface area (Å²) in [5, 5.41) is 22.0. The fourth-order valence-corrected chi connectivity index (χ4v) is 2.86. The summed E-state index contributed by atoms with van der Waals surface area (Å²) < 4.78 is 0. The number of imidazole rings is 1. The first kappa shape index (κ1) is 20.7. The third-order valence-corrected chi connectivity index (χ3v) is 4.33. The lowest BCUT2D eigenvalue weighted by molar-refractivity contribution is -0.166. The number of nitrogens with zero attached hydrogens (tertiary/aromatic N) is 2. The zero-order valence-electron chi connectivity index (χ0n) is 14.8. The molecule has 0 radical (unpaired) electrons. The fourth-order valence-electron chi connectivity index (χ4n) is 2.86. The van der Waals surface area contributed by atoms with Gasteiger partial charge in [0.2, 0.25) is 5.91 Å². The molecule has 11 heteroatoms.